The Bertz CT molecular complexity index is 950. The van der Waals surface area contributed by atoms with E-state index in [1.807, 2.05) is 12.1 Å². The highest BCUT2D eigenvalue weighted by molar-refractivity contribution is 5.49. The summed E-state index contributed by atoms with van der Waals surface area (Å²) in [5, 5.41) is 8.84. The highest BCUT2D eigenvalue weighted by Gasteiger charge is 2.24. The summed E-state index contributed by atoms with van der Waals surface area (Å²) in [7, 11) is 0. The van der Waals surface area contributed by atoms with Gasteiger partial charge in [0.1, 0.15) is 11.9 Å². The molecule has 5 nitrogen and oxygen atoms in total. The number of pyridine rings is 1. The van der Waals surface area contributed by atoms with Gasteiger partial charge in [-0.3, -0.25) is 4.40 Å². The molecule has 5 rings (SSSR count). The minimum atomic E-state index is 0.126. The van der Waals surface area contributed by atoms with Gasteiger partial charge in [-0.1, -0.05) is 24.3 Å². The van der Waals surface area contributed by atoms with Crippen LogP contribution in [-0.2, 0) is 6.42 Å². The zero-order chi connectivity index (χ0) is 18.2. The number of fused-ring (bicyclic) bond motifs is 2. The molecule has 1 aromatic carbocycles. The van der Waals surface area contributed by atoms with Gasteiger partial charge in [-0.15, -0.1) is 10.2 Å². The number of benzene rings is 1. The number of aryl methyl sites for hydroxylation is 1. The van der Waals surface area contributed by atoms with E-state index >= 15 is 0 Å². The minimum Gasteiger partial charge on any atom is -0.484 e. The summed E-state index contributed by atoms with van der Waals surface area (Å²) in [5.74, 6) is 1.82. The van der Waals surface area contributed by atoms with Crippen LogP contribution < -0.4 is 9.64 Å². The molecule has 1 aliphatic carbocycles. The van der Waals surface area contributed by atoms with Crippen LogP contribution in [0.15, 0.2) is 42.6 Å². The molecule has 1 aliphatic heterocycles. The third-order valence-electron chi connectivity index (χ3n) is 6.01. The monoisotopic (exact) mass is 362 g/mol. The average Bonchev–Trinajstić information content (AvgIpc) is 3.12. The van der Waals surface area contributed by atoms with E-state index in [0.29, 0.717) is 6.04 Å². The maximum Gasteiger partial charge on any atom is 0.232 e. The molecule has 140 valence electrons. The zero-order valence-corrected chi connectivity index (χ0v) is 15.8. The van der Waals surface area contributed by atoms with Gasteiger partial charge in [-0.05, 0) is 68.7 Å². The number of rotatable bonds is 3. The molecule has 1 saturated heterocycles. The fraction of sp³-hybridized carbons (Fsp3) is 0.455. The van der Waals surface area contributed by atoms with Gasteiger partial charge in [0.2, 0.25) is 5.95 Å². The molecule has 1 fully saturated rings. The summed E-state index contributed by atoms with van der Waals surface area (Å²) in [6.07, 6.45) is 9.30. The van der Waals surface area contributed by atoms with Crippen LogP contribution in [0.3, 0.4) is 0 Å². The van der Waals surface area contributed by atoms with E-state index < -0.39 is 0 Å². The fourth-order valence-electron chi connectivity index (χ4n) is 4.52. The molecule has 5 heteroatoms. The summed E-state index contributed by atoms with van der Waals surface area (Å²) in [6, 6.07) is 13.2. The van der Waals surface area contributed by atoms with Gasteiger partial charge in [0.25, 0.3) is 0 Å². The summed E-state index contributed by atoms with van der Waals surface area (Å²) in [4.78, 5) is 2.38. The first-order chi connectivity index (χ1) is 13.3. The number of hydrogen-bond acceptors (Lipinski definition) is 4. The topological polar surface area (TPSA) is 42.7 Å². The maximum atomic E-state index is 6.43. The molecule has 2 aromatic heterocycles. The molecule has 3 aromatic rings. The second-order valence-electron chi connectivity index (χ2n) is 7.83. The fourth-order valence-corrected chi connectivity index (χ4v) is 4.52. The van der Waals surface area contributed by atoms with Crippen molar-refractivity contribution in [2.24, 2.45) is 0 Å². The Morgan fingerprint density at radius 1 is 1.00 bits per heavy atom. The molecular weight excluding hydrogens is 336 g/mol. The van der Waals surface area contributed by atoms with Crippen molar-refractivity contribution in [3.8, 4) is 5.75 Å². The van der Waals surface area contributed by atoms with Gasteiger partial charge in [0.15, 0.2) is 5.65 Å². The maximum absolute atomic E-state index is 6.43. The second-order valence-corrected chi connectivity index (χ2v) is 7.83. The SMILES string of the molecule is C[C@H]1CCCCN1c1nnc2ccc(O[C@@H]3CCCc4ccccc43)cn12. The van der Waals surface area contributed by atoms with E-state index in [4.69, 9.17) is 4.74 Å². The third kappa shape index (κ3) is 3.05. The smallest absolute Gasteiger partial charge is 0.232 e. The number of anilines is 1. The molecule has 2 atom stereocenters. The van der Waals surface area contributed by atoms with Crippen LogP contribution in [-0.4, -0.2) is 27.2 Å². The molecule has 3 heterocycles. The zero-order valence-electron chi connectivity index (χ0n) is 15.8. The Morgan fingerprint density at radius 2 is 1.93 bits per heavy atom. The number of ether oxygens (including phenoxy) is 1. The van der Waals surface area contributed by atoms with Crippen LogP contribution in [0.2, 0.25) is 0 Å². The van der Waals surface area contributed by atoms with E-state index in [0.717, 1.165) is 36.7 Å². The first-order valence-electron chi connectivity index (χ1n) is 10.2. The average molecular weight is 362 g/mol. The third-order valence-corrected chi connectivity index (χ3v) is 6.01. The standard InChI is InChI=1S/C22H26N4O/c1-16-7-4-5-14-25(16)22-24-23-21-13-12-18(15-26(21)22)27-20-11-6-9-17-8-2-3-10-19(17)20/h2-3,8,10,12-13,15-16,20H,4-7,9,11,14H2,1H3/t16-,20+/m0/s1. The predicted octanol–water partition coefficient (Wildman–Crippen LogP) is 4.56. The van der Waals surface area contributed by atoms with Crippen molar-refractivity contribution in [2.45, 2.75) is 57.6 Å². The lowest BCUT2D eigenvalue weighted by atomic mass is 9.89. The summed E-state index contributed by atoms with van der Waals surface area (Å²) in [6.45, 7) is 3.32. The molecule has 2 aliphatic rings. The highest BCUT2D eigenvalue weighted by atomic mass is 16.5. The Morgan fingerprint density at radius 3 is 2.85 bits per heavy atom. The predicted molar refractivity (Wildman–Crippen MR) is 106 cm³/mol. The van der Waals surface area contributed by atoms with Crippen LogP contribution in [0.4, 0.5) is 5.95 Å². The lowest BCUT2D eigenvalue weighted by Crippen LogP contribution is -2.38. The van der Waals surface area contributed by atoms with Crippen molar-refractivity contribution < 1.29 is 4.74 Å². The van der Waals surface area contributed by atoms with Gasteiger partial charge in [-0.25, -0.2) is 0 Å². The van der Waals surface area contributed by atoms with Gasteiger partial charge in [0.05, 0.1) is 6.20 Å². The Balaban J connectivity index is 1.46. The van der Waals surface area contributed by atoms with E-state index in [1.165, 1.54) is 36.8 Å². The van der Waals surface area contributed by atoms with E-state index in [2.05, 4.69) is 56.9 Å². The lowest BCUT2D eigenvalue weighted by Gasteiger charge is -2.33. The first-order valence-corrected chi connectivity index (χ1v) is 10.2. The largest absolute Gasteiger partial charge is 0.484 e. The summed E-state index contributed by atoms with van der Waals surface area (Å²) < 4.78 is 8.52. The van der Waals surface area contributed by atoms with Crippen LogP contribution in [0, 0.1) is 0 Å². The molecule has 0 saturated carbocycles. The van der Waals surface area contributed by atoms with Crippen LogP contribution in [0.5, 0.6) is 5.75 Å². The minimum absolute atomic E-state index is 0.126. The lowest BCUT2D eigenvalue weighted by molar-refractivity contribution is 0.182. The molecule has 27 heavy (non-hydrogen) atoms. The number of nitrogens with zero attached hydrogens (tertiary/aromatic N) is 4. The first kappa shape index (κ1) is 16.6. The van der Waals surface area contributed by atoms with E-state index in [9.17, 15) is 0 Å². The number of hydrogen-bond donors (Lipinski definition) is 0. The van der Waals surface area contributed by atoms with Gasteiger partial charge in [-0.2, -0.15) is 0 Å². The van der Waals surface area contributed by atoms with E-state index in [-0.39, 0.29) is 6.10 Å². The normalized spacial score (nSPS) is 22.6. The van der Waals surface area contributed by atoms with Crippen molar-refractivity contribution >= 4 is 11.6 Å². The number of piperidine rings is 1. The molecular formula is C22H26N4O. The Kier molecular flexibility index (Phi) is 4.23. The van der Waals surface area contributed by atoms with Crippen LogP contribution in [0.1, 0.15) is 56.3 Å². The highest BCUT2D eigenvalue weighted by Crippen LogP contribution is 2.34. The Hall–Kier alpha value is -2.56. The Labute approximate surface area is 160 Å². The van der Waals surface area contributed by atoms with Gasteiger partial charge < -0.3 is 9.64 Å². The molecule has 0 spiro atoms. The molecule has 0 amide bonds. The van der Waals surface area contributed by atoms with Crippen molar-refractivity contribution in [1.82, 2.24) is 14.6 Å². The summed E-state index contributed by atoms with van der Waals surface area (Å²) >= 11 is 0. The summed E-state index contributed by atoms with van der Waals surface area (Å²) in [5.41, 5.74) is 3.62. The van der Waals surface area contributed by atoms with Gasteiger partial charge in [0, 0.05) is 12.6 Å². The van der Waals surface area contributed by atoms with Crippen molar-refractivity contribution in [3.63, 3.8) is 0 Å². The van der Waals surface area contributed by atoms with Crippen molar-refractivity contribution in [2.75, 3.05) is 11.4 Å². The van der Waals surface area contributed by atoms with Crippen molar-refractivity contribution in [1.29, 1.82) is 0 Å². The quantitative estimate of drug-likeness (QED) is 0.685. The van der Waals surface area contributed by atoms with Crippen LogP contribution in [0.25, 0.3) is 5.65 Å². The molecule has 0 radical (unpaired) electrons. The molecule has 0 unspecified atom stereocenters. The van der Waals surface area contributed by atoms with Gasteiger partial charge >= 0.3 is 0 Å². The van der Waals surface area contributed by atoms with Crippen LogP contribution >= 0.6 is 0 Å². The van der Waals surface area contributed by atoms with E-state index in [1.54, 1.807) is 0 Å². The molecule has 0 bridgehead atoms. The second kappa shape index (κ2) is 6.87. The molecule has 0 N–H and O–H groups in total. The van der Waals surface area contributed by atoms with Crippen molar-refractivity contribution in [3.05, 3.63) is 53.7 Å². The number of aromatic nitrogens is 3.